The number of rotatable bonds is 3. The molecule has 0 fully saturated rings. The van der Waals surface area contributed by atoms with Crippen LogP contribution in [-0.4, -0.2) is 9.78 Å². The molecule has 1 aromatic heterocycles. The smallest absolute Gasteiger partial charge is 0.152 e. The van der Waals surface area contributed by atoms with Gasteiger partial charge in [0.25, 0.3) is 0 Å². The summed E-state index contributed by atoms with van der Waals surface area (Å²) in [7, 11) is 1.73. The number of halogens is 3. The van der Waals surface area contributed by atoms with Gasteiger partial charge in [0.05, 0.1) is 23.0 Å². The van der Waals surface area contributed by atoms with Gasteiger partial charge in [0.1, 0.15) is 11.5 Å². The second-order valence-corrected chi connectivity index (χ2v) is 4.75. The molecule has 0 aliphatic rings. The highest BCUT2D eigenvalue weighted by molar-refractivity contribution is 6.31. The summed E-state index contributed by atoms with van der Waals surface area (Å²) in [6.45, 7) is 3.56. The summed E-state index contributed by atoms with van der Waals surface area (Å²) in [5, 5.41) is 7.38. The molecule has 0 saturated carbocycles. The van der Waals surface area contributed by atoms with Gasteiger partial charge in [-0.15, -0.1) is 0 Å². The number of nitrogens with zero attached hydrogens (tertiary/aromatic N) is 2. The van der Waals surface area contributed by atoms with Crippen LogP contribution in [0.5, 0.6) is 0 Å². The van der Waals surface area contributed by atoms with Crippen molar-refractivity contribution < 1.29 is 8.78 Å². The zero-order valence-electron chi connectivity index (χ0n) is 10.9. The normalized spacial score (nSPS) is 10.8. The van der Waals surface area contributed by atoms with E-state index in [1.807, 2.05) is 0 Å². The number of aryl methyl sites for hydroxylation is 3. The maximum absolute atomic E-state index is 13.8. The Morgan fingerprint density at radius 2 is 2.00 bits per heavy atom. The first-order valence-corrected chi connectivity index (χ1v) is 6.16. The van der Waals surface area contributed by atoms with E-state index in [-0.39, 0.29) is 12.2 Å². The average Bonchev–Trinajstić information content (AvgIpc) is 2.60. The molecule has 1 aromatic carbocycles. The lowest BCUT2D eigenvalue weighted by atomic mass is 10.2. The van der Waals surface area contributed by atoms with E-state index in [1.54, 1.807) is 25.6 Å². The van der Waals surface area contributed by atoms with E-state index in [0.29, 0.717) is 22.0 Å². The first kappa shape index (κ1) is 13.8. The molecule has 2 rings (SSSR count). The number of anilines is 1. The van der Waals surface area contributed by atoms with Gasteiger partial charge in [-0.05, 0) is 25.5 Å². The van der Waals surface area contributed by atoms with Crippen LogP contribution in [0.1, 0.15) is 17.0 Å². The quantitative estimate of drug-likeness (QED) is 0.934. The third-order valence-electron chi connectivity index (χ3n) is 2.98. The summed E-state index contributed by atoms with van der Waals surface area (Å²) in [6, 6.07) is 2.63. The van der Waals surface area contributed by atoms with Crippen molar-refractivity contribution in [1.82, 2.24) is 9.78 Å². The minimum atomic E-state index is -0.627. The van der Waals surface area contributed by atoms with Crippen molar-refractivity contribution in [2.45, 2.75) is 20.4 Å². The summed E-state index contributed by atoms with van der Waals surface area (Å²) >= 11 is 6.08. The van der Waals surface area contributed by atoms with E-state index in [4.69, 9.17) is 11.6 Å². The van der Waals surface area contributed by atoms with Gasteiger partial charge in [-0.2, -0.15) is 5.10 Å². The Balaban J connectivity index is 2.26. The maximum atomic E-state index is 13.8. The Kier molecular flexibility index (Phi) is 3.75. The Morgan fingerprint density at radius 1 is 1.32 bits per heavy atom. The van der Waals surface area contributed by atoms with Gasteiger partial charge in [0, 0.05) is 7.05 Å². The van der Waals surface area contributed by atoms with Crippen molar-refractivity contribution in [3.05, 3.63) is 45.7 Å². The first-order valence-electron chi connectivity index (χ1n) is 5.78. The lowest BCUT2D eigenvalue weighted by Gasteiger charge is -2.10. The predicted octanol–water partition coefficient (Wildman–Crippen LogP) is 3.58. The van der Waals surface area contributed by atoms with Gasteiger partial charge in [0.2, 0.25) is 0 Å². The molecule has 0 unspecified atom stereocenters. The molecule has 0 aliphatic heterocycles. The molecule has 0 saturated heterocycles. The fraction of sp³-hybridized carbons (Fsp3) is 0.308. The van der Waals surface area contributed by atoms with E-state index in [2.05, 4.69) is 10.4 Å². The van der Waals surface area contributed by atoms with Gasteiger partial charge >= 0.3 is 0 Å². The van der Waals surface area contributed by atoms with Gasteiger partial charge in [-0.3, -0.25) is 4.68 Å². The van der Waals surface area contributed by atoms with Crippen LogP contribution in [0, 0.1) is 25.5 Å². The summed E-state index contributed by atoms with van der Waals surface area (Å²) in [6.07, 6.45) is 0. The second-order valence-electron chi connectivity index (χ2n) is 4.38. The minimum absolute atomic E-state index is 0.144. The Bertz CT molecular complexity index is 623. The highest BCUT2D eigenvalue weighted by Crippen LogP contribution is 2.24. The van der Waals surface area contributed by atoms with Crippen molar-refractivity contribution in [3.8, 4) is 0 Å². The molecule has 6 heteroatoms. The molecular weight excluding hydrogens is 272 g/mol. The average molecular weight is 286 g/mol. The van der Waals surface area contributed by atoms with E-state index >= 15 is 0 Å². The lowest BCUT2D eigenvalue weighted by Crippen LogP contribution is -2.09. The fourth-order valence-electron chi connectivity index (χ4n) is 1.86. The Morgan fingerprint density at radius 3 is 2.58 bits per heavy atom. The topological polar surface area (TPSA) is 29.9 Å². The van der Waals surface area contributed by atoms with E-state index in [0.717, 1.165) is 0 Å². The number of benzene rings is 1. The fourth-order valence-corrected chi connectivity index (χ4v) is 2.09. The van der Waals surface area contributed by atoms with Crippen LogP contribution in [0.25, 0.3) is 0 Å². The highest BCUT2D eigenvalue weighted by atomic mass is 35.5. The van der Waals surface area contributed by atoms with Gasteiger partial charge in [-0.1, -0.05) is 17.7 Å². The number of aromatic nitrogens is 2. The number of nitrogens with one attached hydrogen (secondary N) is 1. The van der Waals surface area contributed by atoms with Crippen LogP contribution in [0.2, 0.25) is 5.02 Å². The van der Waals surface area contributed by atoms with E-state index in [1.165, 1.54) is 12.1 Å². The zero-order chi connectivity index (χ0) is 14.2. The van der Waals surface area contributed by atoms with Crippen LogP contribution in [0.3, 0.4) is 0 Å². The molecule has 0 amide bonds. The monoisotopic (exact) mass is 285 g/mol. The largest absolute Gasteiger partial charge is 0.375 e. The van der Waals surface area contributed by atoms with Gasteiger partial charge in [-0.25, -0.2) is 8.78 Å². The first-order chi connectivity index (χ1) is 8.91. The van der Waals surface area contributed by atoms with Crippen LogP contribution in [0.4, 0.5) is 14.5 Å². The second kappa shape index (κ2) is 5.17. The van der Waals surface area contributed by atoms with E-state index < -0.39 is 11.6 Å². The van der Waals surface area contributed by atoms with Crippen LogP contribution in [0.15, 0.2) is 12.1 Å². The van der Waals surface area contributed by atoms with Gasteiger partial charge < -0.3 is 5.32 Å². The van der Waals surface area contributed by atoms with Gasteiger partial charge in [0.15, 0.2) is 5.82 Å². The molecule has 0 radical (unpaired) electrons. The Hall–Kier alpha value is -1.62. The standard InChI is InChI=1S/C13H14ClF2N3/c1-7-4-5-9(15)13(12(7)16)17-6-10-11(14)8(2)18-19(10)3/h4-5,17H,6H2,1-3H3. The molecule has 1 heterocycles. The molecule has 0 aliphatic carbocycles. The number of hydrogen-bond acceptors (Lipinski definition) is 2. The molecule has 19 heavy (non-hydrogen) atoms. The van der Waals surface area contributed by atoms with Crippen LogP contribution >= 0.6 is 11.6 Å². The van der Waals surface area contributed by atoms with E-state index in [9.17, 15) is 8.78 Å². The highest BCUT2D eigenvalue weighted by Gasteiger charge is 2.14. The molecule has 0 atom stereocenters. The van der Waals surface area contributed by atoms with Crippen molar-refractivity contribution in [3.63, 3.8) is 0 Å². The summed E-state index contributed by atoms with van der Waals surface area (Å²) in [5.74, 6) is -1.21. The number of hydrogen-bond donors (Lipinski definition) is 1. The molecule has 0 bridgehead atoms. The maximum Gasteiger partial charge on any atom is 0.152 e. The van der Waals surface area contributed by atoms with Crippen molar-refractivity contribution >= 4 is 17.3 Å². The van der Waals surface area contributed by atoms with Crippen LogP contribution in [-0.2, 0) is 13.6 Å². The molecule has 2 aromatic rings. The zero-order valence-corrected chi connectivity index (χ0v) is 11.6. The van der Waals surface area contributed by atoms with Crippen molar-refractivity contribution in [2.24, 2.45) is 7.05 Å². The minimum Gasteiger partial charge on any atom is -0.375 e. The molecule has 3 nitrogen and oxygen atoms in total. The summed E-state index contributed by atoms with van der Waals surface area (Å²) in [4.78, 5) is 0. The third-order valence-corrected chi connectivity index (χ3v) is 3.47. The summed E-state index contributed by atoms with van der Waals surface area (Å²) in [5.41, 5.74) is 1.61. The molecule has 0 spiro atoms. The molecule has 102 valence electrons. The van der Waals surface area contributed by atoms with Crippen molar-refractivity contribution in [1.29, 1.82) is 0 Å². The van der Waals surface area contributed by atoms with Crippen molar-refractivity contribution in [2.75, 3.05) is 5.32 Å². The Labute approximate surface area is 115 Å². The predicted molar refractivity (Wildman–Crippen MR) is 71.4 cm³/mol. The van der Waals surface area contributed by atoms with Crippen LogP contribution < -0.4 is 5.32 Å². The SMILES string of the molecule is Cc1ccc(F)c(NCc2c(Cl)c(C)nn2C)c1F. The molecular formula is C13H14ClF2N3. The molecule has 1 N–H and O–H groups in total. The third kappa shape index (κ3) is 2.56. The summed E-state index contributed by atoms with van der Waals surface area (Å²) < 4.78 is 29.0. The lowest BCUT2D eigenvalue weighted by molar-refractivity contribution is 0.581.